The largest absolute Gasteiger partial charge is 0.258 e. The molecule has 1 saturated heterocycles. The van der Waals surface area contributed by atoms with Crippen LogP contribution in [0.5, 0.6) is 0 Å². The lowest BCUT2D eigenvalue weighted by Crippen LogP contribution is -2.32. The van der Waals surface area contributed by atoms with E-state index in [1.807, 2.05) is 20.2 Å². The second-order valence-electron chi connectivity index (χ2n) is 4.03. The highest BCUT2D eigenvalue weighted by Gasteiger charge is 2.23. The summed E-state index contributed by atoms with van der Waals surface area (Å²) in [7, 11) is 1.97. The van der Waals surface area contributed by atoms with Gasteiger partial charge in [-0.2, -0.15) is 0 Å². The van der Waals surface area contributed by atoms with Gasteiger partial charge in [0.05, 0.1) is 0 Å². The zero-order valence-corrected chi connectivity index (χ0v) is 9.88. The van der Waals surface area contributed by atoms with Gasteiger partial charge < -0.3 is 0 Å². The maximum atomic E-state index is 5.91. The van der Waals surface area contributed by atoms with Crippen molar-refractivity contribution in [2.75, 3.05) is 20.1 Å². The molecule has 2 heterocycles. The first-order chi connectivity index (χ1) is 7.20. The van der Waals surface area contributed by atoms with Gasteiger partial charge in [0.2, 0.25) is 0 Å². The lowest BCUT2D eigenvalue weighted by molar-refractivity contribution is 0.258. The standard InChI is InChI=1S/C11H16ClN3/c1-8-5-10(6-14-11(8)12)9-3-4-15(7-9)13-2/h5-6,9,13H,3-4,7H2,1-2H3/t9-/m0/s1. The van der Waals surface area contributed by atoms with Crippen molar-refractivity contribution < 1.29 is 0 Å². The fraction of sp³-hybridized carbons (Fsp3) is 0.545. The summed E-state index contributed by atoms with van der Waals surface area (Å²) in [6, 6.07) is 2.15. The van der Waals surface area contributed by atoms with Crippen LogP contribution in [0.15, 0.2) is 12.3 Å². The highest BCUT2D eigenvalue weighted by Crippen LogP contribution is 2.27. The molecule has 0 spiro atoms. The lowest BCUT2D eigenvalue weighted by atomic mass is 9.99. The van der Waals surface area contributed by atoms with Crippen LogP contribution in [0.25, 0.3) is 0 Å². The van der Waals surface area contributed by atoms with Gasteiger partial charge in [0.1, 0.15) is 5.15 Å². The average Bonchev–Trinajstić information content (AvgIpc) is 2.70. The third-order valence-corrected chi connectivity index (χ3v) is 3.41. The SMILES string of the molecule is CNN1CC[C@H](c2cnc(Cl)c(C)c2)C1. The van der Waals surface area contributed by atoms with Crippen molar-refractivity contribution in [2.24, 2.45) is 0 Å². The monoisotopic (exact) mass is 225 g/mol. The molecule has 1 fully saturated rings. The number of hydrazine groups is 1. The van der Waals surface area contributed by atoms with Gasteiger partial charge in [-0.3, -0.25) is 5.43 Å². The third-order valence-electron chi connectivity index (χ3n) is 3.01. The van der Waals surface area contributed by atoms with Gasteiger partial charge >= 0.3 is 0 Å². The molecule has 1 N–H and O–H groups in total. The molecule has 1 aromatic heterocycles. The molecule has 82 valence electrons. The first-order valence-corrected chi connectivity index (χ1v) is 5.63. The third kappa shape index (κ3) is 2.30. The topological polar surface area (TPSA) is 28.2 Å². The Kier molecular flexibility index (Phi) is 3.24. The van der Waals surface area contributed by atoms with E-state index in [1.54, 1.807) is 0 Å². The smallest absolute Gasteiger partial charge is 0.131 e. The summed E-state index contributed by atoms with van der Waals surface area (Å²) in [6.45, 7) is 4.16. The summed E-state index contributed by atoms with van der Waals surface area (Å²) >= 11 is 5.91. The van der Waals surface area contributed by atoms with Gasteiger partial charge in [0.15, 0.2) is 0 Å². The van der Waals surface area contributed by atoms with Crippen LogP contribution in [0.1, 0.15) is 23.5 Å². The van der Waals surface area contributed by atoms with Gasteiger partial charge in [-0.05, 0) is 31.5 Å². The Balaban J connectivity index is 2.13. The molecule has 0 bridgehead atoms. The molecule has 0 amide bonds. The number of rotatable bonds is 2. The second-order valence-corrected chi connectivity index (χ2v) is 4.39. The van der Waals surface area contributed by atoms with Crippen LogP contribution in [-0.4, -0.2) is 30.1 Å². The molecule has 0 saturated carbocycles. The van der Waals surface area contributed by atoms with Crippen molar-refractivity contribution in [3.05, 3.63) is 28.5 Å². The van der Waals surface area contributed by atoms with Crippen LogP contribution in [0.2, 0.25) is 5.15 Å². The van der Waals surface area contributed by atoms with Crippen LogP contribution in [-0.2, 0) is 0 Å². The van der Waals surface area contributed by atoms with E-state index in [0.717, 1.165) is 18.7 Å². The molecule has 3 nitrogen and oxygen atoms in total. The summed E-state index contributed by atoms with van der Waals surface area (Å²) in [4.78, 5) is 4.20. The average molecular weight is 226 g/mol. The Morgan fingerprint density at radius 1 is 1.60 bits per heavy atom. The summed E-state index contributed by atoms with van der Waals surface area (Å²) < 4.78 is 0. The number of nitrogens with one attached hydrogen (secondary N) is 1. The molecular weight excluding hydrogens is 210 g/mol. The molecule has 4 heteroatoms. The Hall–Kier alpha value is -0.640. The quantitative estimate of drug-likeness (QED) is 0.781. The van der Waals surface area contributed by atoms with Crippen molar-refractivity contribution in [3.8, 4) is 0 Å². The van der Waals surface area contributed by atoms with Crippen molar-refractivity contribution in [3.63, 3.8) is 0 Å². The van der Waals surface area contributed by atoms with Crippen molar-refractivity contribution >= 4 is 11.6 Å². The predicted octanol–water partition coefficient (Wildman–Crippen LogP) is 1.97. The Morgan fingerprint density at radius 2 is 2.40 bits per heavy atom. The van der Waals surface area contributed by atoms with Gasteiger partial charge in [-0.15, -0.1) is 0 Å². The van der Waals surface area contributed by atoms with E-state index in [2.05, 4.69) is 21.5 Å². The zero-order chi connectivity index (χ0) is 10.8. The highest BCUT2D eigenvalue weighted by molar-refractivity contribution is 6.30. The van der Waals surface area contributed by atoms with E-state index >= 15 is 0 Å². The van der Waals surface area contributed by atoms with Crippen molar-refractivity contribution in [1.82, 2.24) is 15.4 Å². The van der Waals surface area contributed by atoms with Gasteiger partial charge in [-0.25, -0.2) is 9.99 Å². The summed E-state index contributed by atoms with van der Waals surface area (Å²) in [6.07, 6.45) is 3.09. The second kappa shape index (κ2) is 4.47. The van der Waals surface area contributed by atoms with Crippen molar-refractivity contribution in [1.29, 1.82) is 0 Å². The minimum Gasteiger partial charge on any atom is -0.258 e. The van der Waals surface area contributed by atoms with E-state index in [0.29, 0.717) is 11.1 Å². The van der Waals surface area contributed by atoms with Crippen LogP contribution >= 0.6 is 11.6 Å². The lowest BCUT2D eigenvalue weighted by Gasteiger charge is -2.14. The number of nitrogens with zero attached hydrogens (tertiary/aromatic N) is 2. The molecule has 15 heavy (non-hydrogen) atoms. The Morgan fingerprint density at radius 3 is 3.00 bits per heavy atom. The Labute approximate surface area is 95.4 Å². The fourth-order valence-electron chi connectivity index (χ4n) is 2.04. The highest BCUT2D eigenvalue weighted by atomic mass is 35.5. The van der Waals surface area contributed by atoms with Crippen LogP contribution in [0.3, 0.4) is 0 Å². The maximum absolute atomic E-state index is 5.91. The molecular formula is C11H16ClN3. The summed E-state index contributed by atoms with van der Waals surface area (Å²) in [5.41, 5.74) is 5.54. The molecule has 0 unspecified atom stereocenters. The first-order valence-electron chi connectivity index (χ1n) is 5.25. The van der Waals surface area contributed by atoms with Gasteiger partial charge in [-0.1, -0.05) is 17.7 Å². The number of aryl methyl sites for hydroxylation is 1. The first kappa shape index (κ1) is 10.9. The molecule has 2 rings (SSSR count). The number of hydrogen-bond donors (Lipinski definition) is 1. The van der Waals surface area contributed by atoms with E-state index in [9.17, 15) is 0 Å². The summed E-state index contributed by atoms with van der Waals surface area (Å²) in [5, 5.41) is 2.84. The molecule has 1 atom stereocenters. The minimum absolute atomic E-state index is 0.584. The molecule has 1 aliphatic heterocycles. The molecule has 0 aliphatic carbocycles. The predicted molar refractivity (Wildman–Crippen MR) is 62.0 cm³/mol. The Bertz CT molecular complexity index is 354. The minimum atomic E-state index is 0.584. The van der Waals surface area contributed by atoms with Crippen molar-refractivity contribution in [2.45, 2.75) is 19.3 Å². The molecule has 0 aromatic carbocycles. The van der Waals surface area contributed by atoms with E-state index < -0.39 is 0 Å². The molecule has 1 aliphatic rings. The number of hydrogen-bond acceptors (Lipinski definition) is 3. The number of pyridine rings is 1. The maximum Gasteiger partial charge on any atom is 0.131 e. The fourth-order valence-corrected chi connectivity index (χ4v) is 2.14. The summed E-state index contributed by atoms with van der Waals surface area (Å²) in [5.74, 6) is 0.584. The zero-order valence-electron chi connectivity index (χ0n) is 9.13. The van der Waals surface area contributed by atoms with E-state index in [-0.39, 0.29) is 0 Å². The van der Waals surface area contributed by atoms with Crippen LogP contribution in [0.4, 0.5) is 0 Å². The van der Waals surface area contributed by atoms with E-state index in [4.69, 9.17) is 11.6 Å². The van der Waals surface area contributed by atoms with Gasteiger partial charge in [0.25, 0.3) is 0 Å². The van der Waals surface area contributed by atoms with Crippen LogP contribution < -0.4 is 5.43 Å². The molecule has 0 radical (unpaired) electrons. The molecule has 1 aromatic rings. The van der Waals surface area contributed by atoms with E-state index in [1.165, 1.54) is 12.0 Å². The number of aromatic nitrogens is 1. The normalized spacial score (nSPS) is 22.2. The van der Waals surface area contributed by atoms with Crippen LogP contribution in [0, 0.1) is 6.92 Å². The number of halogens is 1. The van der Waals surface area contributed by atoms with Gasteiger partial charge in [0, 0.05) is 25.2 Å².